The highest BCUT2D eigenvalue weighted by molar-refractivity contribution is 5.81. The summed E-state index contributed by atoms with van der Waals surface area (Å²) >= 11 is 0. The van der Waals surface area contributed by atoms with Crippen LogP contribution in [-0.2, 0) is 0 Å². The third-order valence-corrected chi connectivity index (χ3v) is 7.09. The van der Waals surface area contributed by atoms with E-state index in [2.05, 4.69) is 33.4 Å². The van der Waals surface area contributed by atoms with Crippen LogP contribution in [0.1, 0.15) is 65.2 Å². The number of hydrogen-bond donors (Lipinski definition) is 0. The molecule has 4 aliphatic rings. The smallest absolute Gasteiger partial charge is 0.196 e. The normalized spacial score (nSPS) is 22.8. The molecule has 0 radical (unpaired) electrons. The molecule has 0 atom stereocenters. The first-order chi connectivity index (χ1) is 14.1. The van der Waals surface area contributed by atoms with E-state index in [0.29, 0.717) is 5.41 Å². The molecule has 4 aliphatic heterocycles. The molecule has 0 spiro atoms. The second-order valence-electron chi connectivity index (χ2n) is 10.1. The molecule has 0 aromatic rings. The molecule has 0 unspecified atom stereocenters. The lowest BCUT2D eigenvalue weighted by Crippen LogP contribution is -2.52. The van der Waals surface area contributed by atoms with Crippen molar-refractivity contribution < 1.29 is 0 Å². The van der Waals surface area contributed by atoms with Gasteiger partial charge in [-0.05, 0) is 56.8 Å². The number of guanidine groups is 2. The lowest BCUT2D eigenvalue weighted by molar-refractivity contribution is 0.211. The minimum absolute atomic E-state index is 0.424. The van der Waals surface area contributed by atoms with Crippen LogP contribution in [0.25, 0.3) is 0 Å². The van der Waals surface area contributed by atoms with Crippen molar-refractivity contribution >= 4 is 11.9 Å². The van der Waals surface area contributed by atoms with Gasteiger partial charge in [0.15, 0.2) is 11.9 Å². The van der Waals surface area contributed by atoms with Gasteiger partial charge in [-0.2, -0.15) is 0 Å². The van der Waals surface area contributed by atoms with Crippen molar-refractivity contribution in [2.75, 3.05) is 65.4 Å². The first-order valence-electron chi connectivity index (χ1n) is 12.2. The average Bonchev–Trinajstić information content (AvgIpc) is 2.74. The van der Waals surface area contributed by atoms with E-state index in [1.807, 2.05) is 0 Å². The monoisotopic (exact) mass is 402 g/mol. The molecule has 2 saturated heterocycles. The predicted octanol–water partition coefficient (Wildman–Crippen LogP) is 3.11. The maximum absolute atomic E-state index is 4.83. The predicted molar refractivity (Wildman–Crippen MR) is 122 cm³/mol. The summed E-state index contributed by atoms with van der Waals surface area (Å²) < 4.78 is 0. The Morgan fingerprint density at radius 1 is 0.655 bits per heavy atom. The first-order valence-corrected chi connectivity index (χ1v) is 12.2. The van der Waals surface area contributed by atoms with Gasteiger partial charge in [-0.25, -0.2) is 0 Å². The molecule has 0 bridgehead atoms. The molecule has 0 aromatic carbocycles. The van der Waals surface area contributed by atoms with Gasteiger partial charge in [0.1, 0.15) is 0 Å². The Labute approximate surface area is 178 Å². The Hall–Kier alpha value is -1.46. The standard InChI is InChI=1S/C23H42N6/c1-23(2,9-3-13-26-17-7-19-28-15-5-11-24-21(26)28)10-4-14-27-18-8-20-29-16-6-12-25-22(27)29/h3-20H2,1-2H3. The minimum Gasteiger partial charge on any atom is -0.343 e. The maximum atomic E-state index is 4.83. The highest BCUT2D eigenvalue weighted by Gasteiger charge is 2.27. The SMILES string of the molecule is CC(C)(CCCN1CCCN2CCCN=C21)CCCN1CCCN2CCCN=C21. The van der Waals surface area contributed by atoms with E-state index < -0.39 is 0 Å². The maximum Gasteiger partial charge on any atom is 0.196 e. The second-order valence-corrected chi connectivity index (χ2v) is 10.1. The Morgan fingerprint density at radius 2 is 1.10 bits per heavy atom. The van der Waals surface area contributed by atoms with Crippen molar-refractivity contribution in [3.8, 4) is 0 Å². The van der Waals surface area contributed by atoms with Crippen molar-refractivity contribution in [3.63, 3.8) is 0 Å². The van der Waals surface area contributed by atoms with Gasteiger partial charge in [0, 0.05) is 65.4 Å². The van der Waals surface area contributed by atoms with E-state index in [9.17, 15) is 0 Å². The van der Waals surface area contributed by atoms with Crippen LogP contribution in [0, 0.1) is 5.41 Å². The molecule has 6 nitrogen and oxygen atoms in total. The van der Waals surface area contributed by atoms with Crippen LogP contribution in [0.5, 0.6) is 0 Å². The van der Waals surface area contributed by atoms with Crippen LogP contribution < -0.4 is 0 Å². The van der Waals surface area contributed by atoms with Crippen molar-refractivity contribution in [2.24, 2.45) is 15.4 Å². The molecule has 0 aromatic heterocycles. The van der Waals surface area contributed by atoms with Crippen LogP contribution >= 0.6 is 0 Å². The molecule has 6 heteroatoms. The Bertz CT molecular complexity index is 548. The molecule has 29 heavy (non-hydrogen) atoms. The van der Waals surface area contributed by atoms with E-state index in [4.69, 9.17) is 9.98 Å². The number of rotatable bonds is 8. The van der Waals surface area contributed by atoms with Crippen LogP contribution in [0.2, 0.25) is 0 Å². The van der Waals surface area contributed by atoms with Crippen molar-refractivity contribution in [1.82, 2.24) is 19.6 Å². The summed E-state index contributed by atoms with van der Waals surface area (Å²) in [5.74, 6) is 2.59. The molecule has 4 rings (SSSR count). The van der Waals surface area contributed by atoms with Gasteiger partial charge in [0.25, 0.3) is 0 Å². The average molecular weight is 403 g/mol. The summed E-state index contributed by atoms with van der Waals surface area (Å²) in [7, 11) is 0. The molecule has 0 N–H and O–H groups in total. The zero-order valence-electron chi connectivity index (χ0n) is 18.9. The molecule has 0 saturated carbocycles. The zero-order chi connectivity index (χ0) is 20.1. The highest BCUT2D eigenvalue weighted by atomic mass is 15.4. The lowest BCUT2D eigenvalue weighted by atomic mass is 9.83. The van der Waals surface area contributed by atoms with Gasteiger partial charge in [0.05, 0.1) is 0 Å². The third kappa shape index (κ3) is 5.37. The fourth-order valence-corrected chi connectivity index (χ4v) is 5.46. The van der Waals surface area contributed by atoms with Crippen LogP contribution in [0.4, 0.5) is 0 Å². The van der Waals surface area contributed by atoms with Crippen LogP contribution in [0.15, 0.2) is 9.98 Å². The van der Waals surface area contributed by atoms with Gasteiger partial charge < -0.3 is 19.6 Å². The fraction of sp³-hybridized carbons (Fsp3) is 0.913. The largest absolute Gasteiger partial charge is 0.343 e. The Balaban J connectivity index is 1.18. The lowest BCUT2D eigenvalue weighted by Gasteiger charge is -2.42. The van der Waals surface area contributed by atoms with E-state index in [1.165, 1.54) is 116 Å². The van der Waals surface area contributed by atoms with Gasteiger partial charge >= 0.3 is 0 Å². The van der Waals surface area contributed by atoms with E-state index in [1.54, 1.807) is 0 Å². The van der Waals surface area contributed by atoms with Gasteiger partial charge in [-0.3, -0.25) is 9.98 Å². The molecular weight excluding hydrogens is 360 g/mol. The molecular formula is C23H42N6. The highest BCUT2D eigenvalue weighted by Crippen LogP contribution is 2.29. The van der Waals surface area contributed by atoms with E-state index in [0.717, 1.165) is 13.1 Å². The summed E-state index contributed by atoms with van der Waals surface area (Å²) in [5, 5.41) is 0. The summed E-state index contributed by atoms with van der Waals surface area (Å²) in [6.45, 7) is 16.6. The van der Waals surface area contributed by atoms with Crippen LogP contribution in [0.3, 0.4) is 0 Å². The number of nitrogens with zero attached hydrogens (tertiary/aromatic N) is 6. The van der Waals surface area contributed by atoms with E-state index >= 15 is 0 Å². The number of fused-ring (bicyclic) bond motifs is 2. The quantitative estimate of drug-likeness (QED) is 0.625. The van der Waals surface area contributed by atoms with Crippen molar-refractivity contribution in [2.45, 2.75) is 65.2 Å². The van der Waals surface area contributed by atoms with Gasteiger partial charge in [0.2, 0.25) is 0 Å². The van der Waals surface area contributed by atoms with E-state index in [-0.39, 0.29) is 0 Å². The second kappa shape index (κ2) is 9.57. The Kier molecular flexibility index (Phi) is 6.86. The summed E-state index contributed by atoms with van der Waals surface area (Å²) in [5.41, 5.74) is 0.424. The third-order valence-electron chi connectivity index (χ3n) is 7.09. The van der Waals surface area contributed by atoms with Crippen molar-refractivity contribution in [1.29, 1.82) is 0 Å². The topological polar surface area (TPSA) is 37.7 Å². The number of aliphatic imine (C=N–C) groups is 2. The van der Waals surface area contributed by atoms with Crippen LogP contribution in [-0.4, -0.2) is 97.0 Å². The Morgan fingerprint density at radius 3 is 1.59 bits per heavy atom. The van der Waals surface area contributed by atoms with Gasteiger partial charge in [-0.1, -0.05) is 13.8 Å². The molecule has 164 valence electrons. The first kappa shape index (κ1) is 20.8. The zero-order valence-corrected chi connectivity index (χ0v) is 18.9. The summed E-state index contributed by atoms with van der Waals surface area (Å²) in [6.07, 6.45) is 10.2. The van der Waals surface area contributed by atoms with Crippen molar-refractivity contribution in [3.05, 3.63) is 0 Å². The summed E-state index contributed by atoms with van der Waals surface area (Å²) in [4.78, 5) is 19.8. The number of hydrogen-bond acceptors (Lipinski definition) is 6. The fourth-order valence-electron chi connectivity index (χ4n) is 5.46. The van der Waals surface area contributed by atoms with Gasteiger partial charge in [-0.15, -0.1) is 0 Å². The molecule has 2 fully saturated rings. The molecule has 0 aliphatic carbocycles. The summed E-state index contributed by atoms with van der Waals surface area (Å²) in [6, 6.07) is 0. The molecule has 4 heterocycles. The molecule has 0 amide bonds. The minimum atomic E-state index is 0.424.